The van der Waals surface area contributed by atoms with Crippen LogP contribution in [0.3, 0.4) is 0 Å². The van der Waals surface area contributed by atoms with E-state index in [1.165, 1.54) is 44.9 Å². The molecule has 0 aromatic rings. The van der Waals surface area contributed by atoms with Crippen LogP contribution < -0.4 is 0 Å². The van der Waals surface area contributed by atoms with Crippen LogP contribution >= 0.6 is 0 Å². The van der Waals surface area contributed by atoms with Crippen LogP contribution in [0.1, 0.15) is 58.8 Å². The van der Waals surface area contributed by atoms with Crippen LogP contribution in [0.2, 0.25) is 0 Å². The van der Waals surface area contributed by atoms with Crippen LogP contribution in [0.5, 0.6) is 0 Å². The number of rotatable bonds is 7. The summed E-state index contributed by atoms with van der Waals surface area (Å²) in [5, 5.41) is 0. The summed E-state index contributed by atoms with van der Waals surface area (Å²) in [5.74, 6) is 0.770. The van der Waals surface area contributed by atoms with E-state index in [1.807, 2.05) is 0 Å². The molecule has 0 heterocycles. The maximum Gasteiger partial charge on any atom is 0.127 e. The minimum absolute atomic E-state index is 0.0135. The SMILES string of the molecule is CC(C)CCN(CC1(C=O)CCCC1)C1CC1. The first-order valence-electron chi connectivity index (χ1n) is 7.36. The number of carbonyl (C=O) groups excluding carboxylic acids is 1. The zero-order chi connectivity index (χ0) is 12.3. The number of carbonyl (C=O) groups is 1. The highest BCUT2D eigenvalue weighted by molar-refractivity contribution is 5.60. The molecule has 0 unspecified atom stereocenters. The molecule has 0 bridgehead atoms. The largest absolute Gasteiger partial charge is 0.303 e. The molecule has 2 aliphatic carbocycles. The molecule has 2 rings (SSSR count). The summed E-state index contributed by atoms with van der Waals surface area (Å²) >= 11 is 0. The Kier molecular flexibility index (Phi) is 4.24. The third-order valence-electron chi connectivity index (χ3n) is 4.42. The fraction of sp³-hybridized carbons (Fsp3) is 0.933. The molecule has 0 saturated heterocycles. The molecule has 2 heteroatoms. The van der Waals surface area contributed by atoms with Crippen LogP contribution in [0, 0.1) is 11.3 Å². The summed E-state index contributed by atoms with van der Waals surface area (Å²) in [4.78, 5) is 14.0. The molecule has 0 aromatic carbocycles. The second-order valence-corrected chi connectivity index (χ2v) is 6.57. The highest BCUT2D eigenvalue weighted by Gasteiger charge is 2.39. The maximum atomic E-state index is 11.4. The predicted octanol–water partition coefficient (Wildman–Crippen LogP) is 3.26. The molecule has 0 amide bonds. The number of hydrogen-bond donors (Lipinski definition) is 0. The van der Waals surface area contributed by atoms with Gasteiger partial charge in [-0.1, -0.05) is 26.7 Å². The Morgan fingerprint density at radius 2 is 1.94 bits per heavy atom. The lowest BCUT2D eigenvalue weighted by Gasteiger charge is -2.31. The van der Waals surface area contributed by atoms with E-state index >= 15 is 0 Å². The van der Waals surface area contributed by atoms with Crippen LogP contribution in [0.4, 0.5) is 0 Å². The molecule has 2 aliphatic rings. The third kappa shape index (κ3) is 3.54. The molecule has 0 N–H and O–H groups in total. The van der Waals surface area contributed by atoms with Crippen LogP contribution in [-0.2, 0) is 4.79 Å². The van der Waals surface area contributed by atoms with Crippen molar-refractivity contribution in [2.24, 2.45) is 11.3 Å². The fourth-order valence-corrected chi connectivity index (χ4v) is 3.05. The van der Waals surface area contributed by atoms with Crippen molar-refractivity contribution in [1.82, 2.24) is 4.90 Å². The Morgan fingerprint density at radius 1 is 1.29 bits per heavy atom. The zero-order valence-electron chi connectivity index (χ0n) is 11.5. The highest BCUT2D eigenvalue weighted by atomic mass is 16.1. The average Bonchev–Trinajstić information content (AvgIpc) is 3.05. The lowest BCUT2D eigenvalue weighted by atomic mass is 9.87. The van der Waals surface area contributed by atoms with E-state index in [-0.39, 0.29) is 5.41 Å². The zero-order valence-corrected chi connectivity index (χ0v) is 11.5. The van der Waals surface area contributed by atoms with Gasteiger partial charge in [-0.15, -0.1) is 0 Å². The van der Waals surface area contributed by atoms with Crippen LogP contribution in [-0.4, -0.2) is 30.3 Å². The molecule has 0 radical (unpaired) electrons. The van der Waals surface area contributed by atoms with Gasteiger partial charge in [0, 0.05) is 18.0 Å². The Morgan fingerprint density at radius 3 is 2.41 bits per heavy atom. The molecular formula is C15H27NO. The van der Waals surface area contributed by atoms with E-state index in [0.717, 1.165) is 31.3 Å². The summed E-state index contributed by atoms with van der Waals surface area (Å²) < 4.78 is 0. The fourth-order valence-electron chi connectivity index (χ4n) is 3.05. The molecule has 0 spiro atoms. The lowest BCUT2D eigenvalue weighted by Crippen LogP contribution is -2.39. The summed E-state index contributed by atoms with van der Waals surface area (Å²) in [7, 11) is 0. The van der Waals surface area contributed by atoms with Gasteiger partial charge in [-0.05, 0) is 44.6 Å². The van der Waals surface area contributed by atoms with Crippen molar-refractivity contribution >= 4 is 6.29 Å². The minimum Gasteiger partial charge on any atom is -0.303 e. The molecule has 98 valence electrons. The van der Waals surface area contributed by atoms with Gasteiger partial charge >= 0.3 is 0 Å². The molecule has 17 heavy (non-hydrogen) atoms. The molecule has 2 fully saturated rings. The topological polar surface area (TPSA) is 20.3 Å². The van der Waals surface area contributed by atoms with Gasteiger partial charge in [0.05, 0.1) is 0 Å². The second-order valence-electron chi connectivity index (χ2n) is 6.57. The van der Waals surface area contributed by atoms with Crippen LogP contribution in [0.15, 0.2) is 0 Å². The molecular weight excluding hydrogens is 210 g/mol. The van der Waals surface area contributed by atoms with Crippen LogP contribution in [0.25, 0.3) is 0 Å². The van der Waals surface area contributed by atoms with Crippen molar-refractivity contribution in [3.8, 4) is 0 Å². The number of hydrogen-bond acceptors (Lipinski definition) is 2. The van der Waals surface area contributed by atoms with Crippen molar-refractivity contribution in [2.75, 3.05) is 13.1 Å². The first kappa shape index (κ1) is 13.1. The molecule has 2 nitrogen and oxygen atoms in total. The van der Waals surface area contributed by atoms with Crippen molar-refractivity contribution in [3.05, 3.63) is 0 Å². The summed E-state index contributed by atoms with van der Waals surface area (Å²) in [6.45, 7) is 6.80. The Bertz CT molecular complexity index is 252. The maximum absolute atomic E-state index is 11.4. The molecule has 0 aliphatic heterocycles. The van der Waals surface area contributed by atoms with E-state index in [2.05, 4.69) is 18.7 Å². The average molecular weight is 237 g/mol. The van der Waals surface area contributed by atoms with E-state index in [1.54, 1.807) is 0 Å². The Hall–Kier alpha value is -0.370. The summed E-state index contributed by atoms with van der Waals surface area (Å²) in [6.07, 6.45) is 10.0. The lowest BCUT2D eigenvalue weighted by molar-refractivity contribution is -0.117. The standard InChI is InChI=1S/C15H27NO/c1-13(2)7-10-16(14-5-6-14)11-15(12-17)8-3-4-9-15/h12-14H,3-11H2,1-2H3. The van der Waals surface area contributed by atoms with Crippen molar-refractivity contribution < 1.29 is 4.79 Å². The minimum atomic E-state index is 0.0135. The van der Waals surface area contributed by atoms with Gasteiger partial charge in [0.25, 0.3) is 0 Å². The predicted molar refractivity (Wildman–Crippen MR) is 71.0 cm³/mol. The normalized spacial score (nSPS) is 23.5. The van der Waals surface area contributed by atoms with Gasteiger partial charge in [0.15, 0.2) is 0 Å². The third-order valence-corrected chi connectivity index (χ3v) is 4.42. The molecule has 2 saturated carbocycles. The van der Waals surface area contributed by atoms with Gasteiger partial charge in [0.2, 0.25) is 0 Å². The van der Waals surface area contributed by atoms with Gasteiger partial charge < -0.3 is 4.79 Å². The van der Waals surface area contributed by atoms with Gasteiger partial charge in [-0.3, -0.25) is 4.90 Å². The van der Waals surface area contributed by atoms with Crippen molar-refractivity contribution in [3.63, 3.8) is 0 Å². The van der Waals surface area contributed by atoms with Crippen molar-refractivity contribution in [1.29, 1.82) is 0 Å². The monoisotopic (exact) mass is 237 g/mol. The second kappa shape index (κ2) is 5.51. The van der Waals surface area contributed by atoms with E-state index < -0.39 is 0 Å². The van der Waals surface area contributed by atoms with Gasteiger partial charge in [-0.25, -0.2) is 0 Å². The molecule has 0 atom stereocenters. The molecule has 0 aromatic heterocycles. The number of nitrogens with zero attached hydrogens (tertiary/aromatic N) is 1. The number of aldehydes is 1. The Balaban J connectivity index is 1.89. The quantitative estimate of drug-likeness (QED) is 0.633. The van der Waals surface area contributed by atoms with E-state index in [4.69, 9.17) is 0 Å². The van der Waals surface area contributed by atoms with Gasteiger partial charge in [0.1, 0.15) is 6.29 Å². The van der Waals surface area contributed by atoms with Crippen molar-refractivity contribution in [2.45, 2.75) is 64.8 Å². The first-order chi connectivity index (χ1) is 8.15. The highest BCUT2D eigenvalue weighted by Crippen LogP contribution is 2.39. The summed E-state index contributed by atoms with van der Waals surface area (Å²) in [5.41, 5.74) is 0.0135. The first-order valence-corrected chi connectivity index (χ1v) is 7.36. The van der Waals surface area contributed by atoms with Gasteiger partial charge in [-0.2, -0.15) is 0 Å². The summed E-state index contributed by atoms with van der Waals surface area (Å²) in [6, 6.07) is 0.797. The smallest absolute Gasteiger partial charge is 0.127 e. The van der Waals surface area contributed by atoms with E-state index in [0.29, 0.717) is 0 Å². The van der Waals surface area contributed by atoms with E-state index in [9.17, 15) is 4.79 Å². The Labute approximate surface area is 106 Å².